The molecule has 0 bridgehead atoms. The first-order chi connectivity index (χ1) is 14.4. The van der Waals surface area contributed by atoms with Crippen molar-refractivity contribution in [3.63, 3.8) is 0 Å². The maximum Gasteiger partial charge on any atom is 0.259 e. The van der Waals surface area contributed by atoms with Gasteiger partial charge in [0.15, 0.2) is 0 Å². The predicted octanol–water partition coefficient (Wildman–Crippen LogP) is 5.44. The molecule has 0 unspecified atom stereocenters. The molecule has 0 aromatic heterocycles. The lowest BCUT2D eigenvalue weighted by molar-refractivity contribution is 0.0940. The van der Waals surface area contributed by atoms with Crippen LogP contribution in [0.15, 0.2) is 76.5 Å². The highest BCUT2D eigenvalue weighted by atomic mass is 32.2. The number of carbonyl (C=O) groups excluding carboxylic acids is 2. The number of carbonyl (C=O) groups is 2. The molecule has 152 valence electrons. The van der Waals surface area contributed by atoms with Crippen molar-refractivity contribution in [3.8, 4) is 0 Å². The van der Waals surface area contributed by atoms with Gasteiger partial charge in [-0.15, -0.1) is 0 Å². The van der Waals surface area contributed by atoms with Crippen LogP contribution in [0.5, 0.6) is 0 Å². The van der Waals surface area contributed by atoms with Crippen LogP contribution < -0.4 is 10.2 Å². The molecule has 1 aliphatic rings. The van der Waals surface area contributed by atoms with Gasteiger partial charge in [0.2, 0.25) is 0 Å². The SMILES string of the molecule is Cc1cccc(CN2C(=O)c3ccccc3Sc3ccc(C(=O)NC(C)C)cc32)c1. The Labute approximate surface area is 181 Å². The molecule has 4 rings (SSSR count). The monoisotopic (exact) mass is 416 g/mol. The Morgan fingerprint density at radius 3 is 2.57 bits per heavy atom. The predicted molar refractivity (Wildman–Crippen MR) is 121 cm³/mol. The van der Waals surface area contributed by atoms with E-state index in [9.17, 15) is 9.59 Å². The highest BCUT2D eigenvalue weighted by Gasteiger charge is 2.28. The van der Waals surface area contributed by atoms with Gasteiger partial charge in [-0.05, 0) is 56.7 Å². The molecule has 2 amide bonds. The Bertz CT molecular complexity index is 1120. The summed E-state index contributed by atoms with van der Waals surface area (Å²) < 4.78 is 0. The number of anilines is 1. The minimum atomic E-state index is -0.137. The summed E-state index contributed by atoms with van der Waals surface area (Å²) in [7, 11) is 0. The maximum absolute atomic E-state index is 13.6. The zero-order valence-electron chi connectivity index (χ0n) is 17.3. The van der Waals surface area contributed by atoms with Gasteiger partial charge in [-0.2, -0.15) is 0 Å². The number of fused-ring (bicyclic) bond motifs is 2. The summed E-state index contributed by atoms with van der Waals surface area (Å²) in [5.41, 5.74) is 4.19. The molecule has 1 aliphatic heterocycles. The molecular formula is C25H24N2O2S. The number of nitrogens with one attached hydrogen (secondary N) is 1. The standard InChI is InChI=1S/C25H24N2O2S/c1-16(2)26-24(28)19-11-12-23-21(14-19)27(15-18-8-6-7-17(3)13-18)25(29)20-9-4-5-10-22(20)30-23/h4-14,16H,15H2,1-3H3,(H,26,28). The van der Waals surface area contributed by atoms with E-state index in [4.69, 9.17) is 0 Å². The topological polar surface area (TPSA) is 49.4 Å². The van der Waals surface area contributed by atoms with Crippen LogP contribution in [0.25, 0.3) is 0 Å². The van der Waals surface area contributed by atoms with Gasteiger partial charge in [-0.3, -0.25) is 9.59 Å². The number of nitrogens with zero attached hydrogens (tertiary/aromatic N) is 1. The number of hydrogen-bond donors (Lipinski definition) is 1. The molecule has 3 aromatic rings. The summed E-state index contributed by atoms with van der Waals surface area (Å²) in [4.78, 5) is 29.8. The van der Waals surface area contributed by atoms with Crippen molar-refractivity contribution in [1.82, 2.24) is 5.32 Å². The minimum Gasteiger partial charge on any atom is -0.350 e. The number of benzene rings is 3. The summed E-state index contributed by atoms with van der Waals surface area (Å²) in [6.07, 6.45) is 0. The van der Waals surface area contributed by atoms with Gasteiger partial charge < -0.3 is 10.2 Å². The second kappa shape index (κ2) is 8.36. The Kier molecular flexibility index (Phi) is 5.64. The van der Waals surface area contributed by atoms with Crippen LogP contribution in [0.2, 0.25) is 0 Å². The van der Waals surface area contributed by atoms with Crippen molar-refractivity contribution in [3.05, 3.63) is 89.0 Å². The third-order valence-corrected chi connectivity index (χ3v) is 6.08. The van der Waals surface area contributed by atoms with Gasteiger partial charge in [-0.25, -0.2) is 0 Å². The van der Waals surface area contributed by atoms with Gasteiger partial charge in [-0.1, -0.05) is 53.7 Å². The normalized spacial score (nSPS) is 12.9. The summed E-state index contributed by atoms with van der Waals surface area (Å²) >= 11 is 1.56. The first-order valence-electron chi connectivity index (χ1n) is 10.0. The zero-order chi connectivity index (χ0) is 21.3. The highest BCUT2D eigenvalue weighted by Crippen LogP contribution is 2.42. The first-order valence-corrected chi connectivity index (χ1v) is 10.8. The molecule has 0 aliphatic carbocycles. The lowest BCUT2D eigenvalue weighted by Gasteiger charge is -2.24. The Hall–Kier alpha value is -3.05. The van der Waals surface area contributed by atoms with Crippen LogP contribution in [0, 0.1) is 6.92 Å². The van der Waals surface area contributed by atoms with E-state index in [0.717, 1.165) is 26.6 Å². The van der Waals surface area contributed by atoms with Crippen LogP contribution >= 0.6 is 11.8 Å². The van der Waals surface area contributed by atoms with Gasteiger partial charge in [0, 0.05) is 21.4 Å². The van der Waals surface area contributed by atoms with Crippen molar-refractivity contribution in [2.75, 3.05) is 4.90 Å². The van der Waals surface area contributed by atoms with E-state index < -0.39 is 0 Å². The van der Waals surface area contributed by atoms with Crippen molar-refractivity contribution in [1.29, 1.82) is 0 Å². The fourth-order valence-electron chi connectivity index (χ4n) is 3.56. The van der Waals surface area contributed by atoms with E-state index in [-0.39, 0.29) is 17.9 Å². The minimum absolute atomic E-state index is 0.0416. The number of rotatable bonds is 4. The van der Waals surface area contributed by atoms with Crippen molar-refractivity contribution >= 4 is 29.3 Å². The van der Waals surface area contributed by atoms with E-state index in [1.807, 2.05) is 81.4 Å². The largest absolute Gasteiger partial charge is 0.350 e. The molecule has 0 fully saturated rings. The summed E-state index contributed by atoms with van der Waals surface area (Å²) in [5, 5.41) is 2.93. The summed E-state index contributed by atoms with van der Waals surface area (Å²) in [6.45, 7) is 6.35. The second-order valence-electron chi connectivity index (χ2n) is 7.79. The molecule has 1 N–H and O–H groups in total. The van der Waals surface area contributed by atoms with E-state index in [1.165, 1.54) is 0 Å². The van der Waals surface area contributed by atoms with Gasteiger partial charge in [0.1, 0.15) is 0 Å². The fraction of sp³-hybridized carbons (Fsp3) is 0.200. The molecule has 4 nitrogen and oxygen atoms in total. The average Bonchev–Trinajstić information content (AvgIpc) is 2.82. The molecule has 30 heavy (non-hydrogen) atoms. The zero-order valence-corrected chi connectivity index (χ0v) is 18.1. The maximum atomic E-state index is 13.6. The second-order valence-corrected chi connectivity index (χ2v) is 8.87. The van der Waals surface area contributed by atoms with Crippen molar-refractivity contribution in [2.45, 2.75) is 43.1 Å². The van der Waals surface area contributed by atoms with Crippen LogP contribution in [-0.4, -0.2) is 17.9 Å². The van der Waals surface area contributed by atoms with E-state index in [0.29, 0.717) is 17.7 Å². The van der Waals surface area contributed by atoms with E-state index in [2.05, 4.69) is 11.4 Å². The highest BCUT2D eigenvalue weighted by molar-refractivity contribution is 7.99. The molecule has 0 saturated carbocycles. The molecule has 0 spiro atoms. The summed E-state index contributed by atoms with van der Waals surface area (Å²) in [5.74, 6) is -0.192. The van der Waals surface area contributed by atoms with Gasteiger partial charge in [0.05, 0.1) is 17.8 Å². The third kappa shape index (κ3) is 4.12. The molecule has 0 radical (unpaired) electrons. The van der Waals surface area contributed by atoms with Crippen molar-refractivity contribution in [2.24, 2.45) is 0 Å². The number of amides is 2. The van der Waals surface area contributed by atoms with Crippen LogP contribution in [-0.2, 0) is 6.54 Å². The molecule has 0 saturated heterocycles. The molecular weight excluding hydrogens is 392 g/mol. The fourth-order valence-corrected chi connectivity index (χ4v) is 4.62. The smallest absolute Gasteiger partial charge is 0.259 e. The Balaban J connectivity index is 1.82. The molecule has 0 atom stereocenters. The van der Waals surface area contributed by atoms with Crippen LogP contribution in [0.3, 0.4) is 0 Å². The van der Waals surface area contributed by atoms with Gasteiger partial charge in [0.25, 0.3) is 11.8 Å². The third-order valence-electron chi connectivity index (χ3n) is 4.94. The quantitative estimate of drug-likeness (QED) is 0.616. The van der Waals surface area contributed by atoms with Crippen LogP contribution in [0.1, 0.15) is 45.7 Å². The Morgan fingerprint density at radius 1 is 1.00 bits per heavy atom. The molecule has 5 heteroatoms. The van der Waals surface area contributed by atoms with Gasteiger partial charge >= 0.3 is 0 Å². The molecule has 1 heterocycles. The lowest BCUT2D eigenvalue weighted by Crippen LogP contribution is -2.32. The van der Waals surface area contributed by atoms with E-state index >= 15 is 0 Å². The van der Waals surface area contributed by atoms with Crippen LogP contribution in [0.4, 0.5) is 5.69 Å². The van der Waals surface area contributed by atoms with Crippen molar-refractivity contribution < 1.29 is 9.59 Å². The Morgan fingerprint density at radius 2 is 1.80 bits per heavy atom. The van der Waals surface area contributed by atoms with E-state index in [1.54, 1.807) is 16.7 Å². The average molecular weight is 417 g/mol. The lowest BCUT2D eigenvalue weighted by atomic mass is 10.1. The molecule has 3 aromatic carbocycles. The number of aryl methyl sites for hydroxylation is 1. The summed E-state index contributed by atoms with van der Waals surface area (Å²) in [6, 6.07) is 21.5. The number of hydrogen-bond acceptors (Lipinski definition) is 3. The first kappa shape index (κ1) is 20.2.